The van der Waals surface area contributed by atoms with Gasteiger partial charge >= 0.3 is 47.5 Å². The average Bonchev–Trinajstić information content (AvgIpc) is 1.29. The van der Waals surface area contributed by atoms with Crippen molar-refractivity contribution >= 4 is 34.1 Å². The molecular weight excluding hydrogens is 1270 g/mol. The molecule has 0 aromatic heterocycles. The number of esters is 1. The molecule has 0 radical (unpaired) electrons. The zero-order valence-corrected chi connectivity index (χ0v) is 66.4. The Morgan fingerprint density at radius 1 is 0.480 bits per heavy atom. The third kappa shape index (κ3) is 15.0. The number of carboxylic acids is 2. The van der Waals surface area contributed by atoms with Crippen LogP contribution in [0.25, 0.3) is 0 Å². The van der Waals surface area contributed by atoms with Crippen molar-refractivity contribution in [1.82, 2.24) is 0 Å². The second-order valence-corrected chi connectivity index (χ2v) is 38.7. The number of carboxylic acid groups (broad SMARTS) is 2. The van der Waals surface area contributed by atoms with Crippen LogP contribution in [0.15, 0.2) is 0 Å². The van der Waals surface area contributed by atoms with Gasteiger partial charge in [-0.25, -0.2) is 8.42 Å². The van der Waals surface area contributed by atoms with Gasteiger partial charge in [0.1, 0.15) is 11.9 Å². The maximum absolute atomic E-state index is 12.6. The van der Waals surface area contributed by atoms with Crippen LogP contribution in [-0.2, 0) is 38.5 Å². The van der Waals surface area contributed by atoms with Crippen molar-refractivity contribution in [3.05, 3.63) is 0 Å². The smallest absolute Gasteiger partial charge is 0.726 e. The summed E-state index contributed by atoms with van der Waals surface area (Å²) in [5.41, 5.74) is 1.20. The minimum absolute atomic E-state index is 0. The van der Waals surface area contributed by atoms with Gasteiger partial charge in [0.2, 0.25) is 10.4 Å². The Balaban J connectivity index is 0.000000172. The van der Waals surface area contributed by atoms with Crippen molar-refractivity contribution in [3.63, 3.8) is 0 Å². The quantitative estimate of drug-likeness (QED) is 0.0245. The number of fused-ring (bicyclic) bond motifs is 15. The number of rotatable bonds is 18. The van der Waals surface area contributed by atoms with Gasteiger partial charge in [0, 0.05) is 38.5 Å². The van der Waals surface area contributed by atoms with E-state index in [1.165, 1.54) is 38.5 Å². The van der Waals surface area contributed by atoms with Gasteiger partial charge in [-0.05, 0) is 298 Å². The molecule has 98 heavy (non-hydrogen) atoms. The molecule has 12 rings (SSSR count). The maximum atomic E-state index is 12.6. The molecule has 0 saturated heterocycles. The Morgan fingerprint density at radius 3 is 1.20 bits per heavy atom. The van der Waals surface area contributed by atoms with E-state index in [9.17, 15) is 62.8 Å². The first kappa shape index (κ1) is 80.9. The van der Waals surface area contributed by atoms with Crippen LogP contribution >= 0.6 is 0 Å². The average molecular weight is 1400 g/mol. The van der Waals surface area contributed by atoms with Crippen LogP contribution in [0.3, 0.4) is 0 Å². The summed E-state index contributed by atoms with van der Waals surface area (Å²) in [5.74, 6) is 8.04. The molecular formula is C81H135NaO15S. The Morgan fingerprint density at radius 2 is 0.827 bits per heavy atom. The zero-order chi connectivity index (χ0) is 71.0. The minimum atomic E-state index is -4.71. The number of aliphatic hydroxyl groups is 4. The largest absolute Gasteiger partial charge is 1.00 e. The van der Waals surface area contributed by atoms with Gasteiger partial charge in [0.05, 0.1) is 31.0 Å². The van der Waals surface area contributed by atoms with Gasteiger partial charge in [-0.1, -0.05) is 109 Å². The molecule has 12 fully saturated rings. The number of aliphatic carboxylic acids is 2. The zero-order valence-electron chi connectivity index (χ0n) is 63.6. The standard InChI is InChI=1S/C28H48O7S.C28H46O4.C25H42O4.Na/c1-5-20-24-16-19(30)10-12-28(24,4)23-11-13-27(3)21(8-9-22(27)25(23)26(20)31)17(2)15-18(29)7-6-14-35-36(32,33)34;1-7-19-23-14-16(2)10-12-28(23,6)22-11-13-27(5)20(17(3)15-24(30)31)8-9-21(27)25(22)26(19)32-18(4)29;1-5-16-20-13-15(26)8-10-25(20,4)19-9-11-24(3)17(14(2)12-21(27)28)6-7-18(24)22(19)23(16)29;/h17,19-26,30-31H,5-16H2,1-4H3,(H,32,33,34);16-17,19-23,25-26H,7-15H2,1-6H3,(H,30,31);14-20,22-23,26,29H,5-13H2,1-4H3,(H,27,28);/q;;;+1/p-1/t17-,19-,20-,21-,22?,23?,24+,25?,26-,27-,28-;16-,17-,19-,20-,21?,22?,23+,25?,26-,27-,28-;14-,15-,16-,17-,18?,19?,20+,22?,23-,24-,25-;/m111./s1. The number of carbonyl (C=O) groups is 4. The van der Waals surface area contributed by atoms with Gasteiger partial charge < -0.3 is 39.9 Å². The SMILES string of the molecule is CC[C@H]1[C@@H](O)C2C3CC[C@H]([C@H](C)CC(=O)CCCOS(=O)(=O)[O-])[C@@]3(C)CCC2[C@@]2(C)CC[C@@H](O)C[C@@H]12.CC[C@H]1[C@@H](O)C2C3CC[C@H]([C@H](C)CC(=O)O)[C@@]3(C)CCC2[C@@]2(C)CC[C@@H](O)C[C@@H]12.CC[C@H]1[C@@H](OC(C)=O)C2C3CC[C@H]([C@H](C)CC(=O)O)[C@@]3(C)CCC2[C@@]2(C)CC[C@@H](C)C[C@@H]12.[Na+]. The number of Topliss-reactive ketones (excluding diaryl/α,β-unsaturated/α-hetero) is 1. The van der Waals surface area contributed by atoms with Crippen molar-refractivity contribution < 1.29 is 101 Å². The Kier molecular flexibility index (Phi) is 25.8. The summed E-state index contributed by atoms with van der Waals surface area (Å²) in [4.78, 5) is 47.8. The fraction of sp³-hybridized carbons (Fsp3) is 0.951. The van der Waals surface area contributed by atoms with E-state index in [4.69, 9.17) is 4.74 Å². The van der Waals surface area contributed by atoms with Gasteiger partial charge in [0.25, 0.3) is 0 Å². The molecule has 9 unspecified atom stereocenters. The van der Waals surface area contributed by atoms with Gasteiger partial charge in [-0.3, -0.25) is 23.4 Å². The second kappa shape index (κ2) is 31.3. The minimum Gasteiger partial charge on any atom is -0.726 e. The molecule has 556 valence electrons. The molecule has 6 N–H and O–H groups in total. The Hall–Kier alpha value is -1.21. The summed E-state index contributed by atoms with van der Waals surface area (Å²) in [7, 11) is -4.71. The maximum Gasteiger partial charge on any atom is 1.00 e. The first-order chi connectivity index (χ1) is 45.5. The van der Waals surface area contributed by atoms with Crippen molar-refractivity contribution in [3.8, 4) is 0 Å². The number of ketones is 1. The molecule has 12 saturated carbocycles. The van der Waals surface area contributed by atoms with Crippen molar-refractivity contribution in [2.45, 2.75) is 314 Å². The topological polar surface area (TPSA) is 265 Å². The van der Waals surface area contributed by atoms with Crippen LogP contribution in [-0.4, -0.2) is 104 Å². The molecule has 17 heteroatoms. The van der Waals surface area contributed by atoms with E-state index >= 15 is 0 Å². The van der Waals surface area contributed by atoms with E-state index in [1.807, 2.05) is 0 Å². The number of hydrogen-bond donors (Lipinski definition) is 6. The molecule has 33 atom stereocenters. The van der Waals surface area contributed by atoms with E-state index in [2.05, 4.69) is 94.2 Å². The first-order valence-electron chi connectivity index (χ1n) is 39.9. The van der Waals surface area contributed by atoms with Gasteiger partial charge in [-0.2, -0.15) is 0 Å². The fourth-order valence-corrected chi connectivity index (χ4v) is 29.5. The normalized spacial score (nSPS) is 48.3. The van der Waals surface area contributed by atoms with Crippen LogP contribution in [0.1, 0.15) is 283 Å². The first-order valence-corrected chi connectivity index (χ1v) is 41.3. The summed E-state index contributed by atoms with van der Waals surface area (Å²) in [6, 6.07) is 0. The van der Waals surface area contributed by atoms with E-state index in [1.54, 1.807) is 6.92 Å². The Labute approximate surface area is 614 Å². The number of hydrogen-bond acceptors (Lipinski definition) is 13. The molecule has 0 aliphatic heterocycles. The fourth-order valence-electron chi connectivity index (χ4n) is 29.2. The number of ether oxygens (including phenoxy) is 1. The molecule has 0 amide bonds. The molecule has 0 spiro atoms. The summed E-state index contributed by atoms with van der Waals surface area (Å²) in [5, 5.41) is 63.1. The van der Waals surface area contributed by atoms with Crippen LogP contribution in [0.4, 0.5) is 0 Å². The Bertz CT molecular complexity index is 2870. The van der Waals surface area contributed by atoms with E-state index < -0.39 is 22.3 Å². The van der Waals surface area contributed by atoms with Crippen molar-refractivity contribution in [1.29, 1.82) is 0 Å². The van der Waals surface area contributed by atoms with E-state index in [0.717, 1.165) is 121 Å². The van der Waals surface area contributed by atoms with E-state index in [0.29, 0.717) is 107 Å². The predicted octanol–water partition coefficient (Wildman–Crippen LogP) is 12.8. The number of aliphatic hydroxyl groups excluding tert-OH is 4. The van der Waals surface area contributed by atoms with Crippen LogP contribution in [0.2, 0.25) is 0 Å². The van der Waals surface area contributed by atoms with Gasteiger partial charge in [-0.15, -0.1) is 0 Å². The third-order valence-electron chi connectivity index (χ3n) is 33.4. The van der Waals surface area contributed by atoms with Gasteiger partial charge in [0.15, 0.2) is 0 Å². The van der Waals surface area contributed by atoms with Crippen molar-refractivity contribution in [2.75, 3.05) is 6.61 Å². The summed E-state index contributed by atoms with van der Waals surface area (Å²) in [6.45, 7) is 31.7. The van der Waals surface area contributed by atoms with Crippen LogP contribution in [0.5, 0.6) is 0 Å². The summed E-state index contributed by atoms with van der Waals surface area (Å²) in [6.07, 6.45) is 26.7. The molecule has 0 aromatic rings. The van der Waals surface area contributed by atoms with Crippen LogP contribution in [0, 0.1) is 163 Å². The second-order valence-electron chi connectivity index (χ2n) is 37.6. The summed E-state index contributed by atoms with van der Waals surface area (Å²) < 4.78 is 42.2. The number of carbonyl (C=O) groups excluding carboxylic acids is 2. The molecule has 12 aliphatic carbocycles. The van der Waals surface area contributed by atoms with Crippen LogP contribution < -0.4 is 29.6 Å². The van der Waals surface area contributed by atoms with E-state index in [-0.39, 0.29) is 161 Å². The summed E-state index contributed by atoms with van der Waals surface area (Å²) >= 11 is 0. The monoisotopic (exact) mass is 1400 g/mol. The molecule has 0 heterocycles. The molecule has 15 nitrogen and oxygen atoms in total. The molecule has 0 aromatic carbocycles. The molecule has 12 aliphatic rings. The third-order valence-corrected chi connectivity index (χ3v) is 33.8. The van der Waals surface area contributed by atoms with Crippen molar-refractivity contribution in [2.24, 2.45) is 163 Å². The predicted molar refractivity (Wildman–Crippen MR) is 375 cm³/mol. The molecule has 0 bridgehead atoms.